The molecule has 0 spiro atoms. The minimum atomic E-state index is -0.714. The topological polar surface area (TPSA) is 65.4 Å². The fraction of sp³-hybridized carbons (Fsp3) is 0.231. The van der Waals surface area contributed by atoms with Crippen LogP contribution in [0.5, 0.6) is 0 Å². The van der Waals surface area contributed by atoms with Crippen LogP contribution in [0.1, 0.15) is 5.56 Å². The third-order valence-electron chi connectivity index (χ3n) is 2.20. The van der Waals surface area contributed by atoms with Crippen molar-refractivity contribution in [2.75, 3.05) is 14.1 Å². The number of carbonyl (C=O) groups excluding carboxylic acids is 1. The highest BCUT2D eigenvalue weighted by molar-refractivity contribution is 6.31. The lowest BCUT2D eigenvalue weighted by atomic mass is 10.2. The molecule has 0 aromatic heterocycles. The number of rotatable bonds is 5. The van der Waals surface area contributed by atoms with Crippen molar-refractivity contribution in [3.8, 4) is 6.07 Å². The maximum Gasteiger partial charge on any atom is 0.286 e. The molecule has 1 N–H and O–H groups in total. The van der Waals surface area contributed by atoms with Gasteiger partial charge in [-0.2, -0.15) is 5.26 Å². The van der Waals surface area contributed by atoms with Gasteiger partial charge in [-0.15, -0.1) is 0 Å². The minimum Gasteiger partial charge on any atom is -0.382 e. The molecule has 0 aliphatic rings. The van der Waals surface area contributed by atoms with Crippen molar-refractivity contribution in [2.24, 2.45) is 0 Å². The molecule has 1 rings (SSSR count). The fourth-order valence-corrected chi connectivity index (χ4v) is 1.51. The average Bonchev–Trinajstić information content (AvgIpc) is 2.39. The summed E-state index contributed by atoms with van der Waals surface area (Å²) < 4.78 is 13.4. The van der Waals surface area contributed by atoms with E-state index in [-0.39, 0.29) is 22.8 Å². The average molecular weight is 298 g/mol. The second-order valence-corrected chi connectivity index (χ2v) is 4.45. The Morgan fingerprint density at radius 1 is 1.60 bits per heavy atom. The van der Waals surface area contributed by atoms with E-state index in [2.05, 4.69) is 5.48 Å². The standard InChI is InChI=1S/C13H13ClFN3O2/c1-18(2)7-9(6-16)13(19)17-20-8-10-11(14)4-3-5-12(10)15/h3-5,7H,8H2,1-2H3,(H,17,19). The number of hydroxylamine groups is 1. The summed E-state index contributed by atoms with van der Waals surface area (Å²) in [6.07, 6.45) is 1.34. The van der Waals surface area contributed by atoms with Crippen LogP contribution in [0.4, 0.5) is 4.39 Å². The number of nitriles is 1. The van der Waals surface area contributed by atoms with Crippen molar-refractivity contribution in [3.63, 3.8) is 0 Å². The molecular weight excluding hydrogens is 285 g/mol. The highest BCUT2D eigenvalue weighted by Crippen LogP contribution is 2.19. The van der Waals surface area contributed by atoms with Crippen molar-refractivity contribution < 1.29 is 14.0 Å². The van der Waals surface area contributed by atoms with Crippen molar-refractivity contribution in [3.05, 3.63) is 46.4 Å². The molecule has 1 aromatic rings. The van der Waals surface area contributed by atoms with E-state index in [1.807, 2.05) is 0 Å². The Morgan fingerprint density at radius 3 is 2.85 bits per heavy atom. The first-order valence-corrected chi connectivity index (χ1v) is 5.97. The molecule has 0 unspecified atom stereocenters. The maximum absolute atomic E-state index is 13.4. The third kappa shape index (κ3) is 4.53. The number of hydrogen-bond acceptors (Lipinski definition) is 4. The van der Waals surface area contributed by atoms with Crippen LogP contribution in [0.25, 0.3) is 0 Å². The van der Waals surface area contributed by atoms with Gasteiger partial charge in [-0.1, -0.05) is 17.7 Å². The van der Waals surface area contributed by atoms with Gasteiger partial charge in [-0.3, -0.25) is 9.63 Å². The molecule has 106 valence electrons. The monoisotopic (exact) mass is 297 g/mol. The van der Waals surface area contributed by atoms with Gasteiger partial charge < -0.3 is 4.90 Å². The molecule has 0 radical (unpaired) electrons. The molecule has 1 amide bonds. The third-order valence-corrected chi connectivity index (χ3v) is 2.55. The fourth-order valence-electron chi connectivity index (χ4n) is 1.30. The number of nitrogens with one attached hydrogen (secondary N) is 1. The number of halogens is 2. The van der Waals surface area contributed by atoms with Crippen LogP contribution in [-0.4, -0.2) is 24.9 Å². The van der Waals surface area contributed by atoms with E-state index in [0.29, 0.717) is 0 Å². The summed E-state index contributed by atoms with van der Waals surface area (Å²) >= 11 is 5.80. The lowest BCUT2D eigenvalue weighted by Crippen LogP contribution is -2.26. The van der Waals surface area contributed by atoms with Crippen LogP contribution in [0.3, 0.4) is 0 Å². The van der Waals surface area contributed by atoms with E-state index in [4.69, 9.17) is 21.7 Å². The van der Waals surface area contributed by atoms with E-state index in [1.54, 1.807) is 25.1 Å². The Labute approximate surface area is 121 Å². The normalized spacial score (nSPS) is 10.8. The molecule has 0 heterocycles. The smallest absolute Gasteiger partial charge is 0.286 e. The second kappa shape index (κ2) is 7.48. The summed E-state index contributed by atoms with van der Waals surface area (Å²) in [5, 5.41) is 9.01. The van der Waals surface area contributed by atoms with Gasteiger partial charge in [0.25, 0.3) is 5.91 Å². The molecule has 0 atom stereocenters. The van der Waals surface area contributed by atoms with Gasteiger partial charge in [0.05, 0.1) is 0 Å². The van der Waals surface area contributed by atoms with E-state index in [0.717, 1.165) is 0 Å². The predicted molar refractivity (Wildman–Crippen MR) is 71.7 cm³/mol. The van der Waals surface area contributed by atoms with Gasteiger partial charge >= 0.3 is 0 Å². The molecule has 0 aliphatic heterocycles. The molecule has 0 aliphatic carbocycles. The minimum absolute atomic E-state index is 0.129. The molecule has 20 heavy (non-hydrogen) atoms. The summed E-state index contributed by atoms with van der Waals surface area (Å²) in [6.45, 7) is -0.238. The molecule has 7 heteroatoms. The number of benzene rings is 1. The molecule has 0 saturated heterocycles. The van der Waals surface area contributed by atoms with Crippen LogP contribution >= 0.6 is 11.6 Å². The van der Waals surface area contributed by atoms with E-state index in [9.17, 15) is 9.18 Å². The first kappa shape index (κ1) is 16.0. The van der Waals surface area contributed by atoms with E-state index >= 15 is 0 Å². The zero-order valence-electron chi connectivity index (χ0n) is 11.0. The Hall–Kier alpha value is -2.10. The Balaban J connectivity index is 2.61. The van der Waals surface area contributed by atoms with Crippen molar-refractivity contribution in [1.82, 2.24) is 10.4 Å². The Morgan fingerprint density at radius 2 is 2.30 bits per heavy atom. The quantitative estimate of drug-likeness (QED) is 0.513. The zero-order chi connectivity index (χ0) is 15.1. The Bertz CT molecular complexity index is 547. The number of hydrogen-bond donors (Lipinski definition) is 1. The number of nitrogens with zero attached hydrogens (tertiary/aromatic N) is 2. The predicted octanol–water partition coefficient (Wildman–Crippen LogP) is 2.00. The second-order valence-electron chi connectivity index (χ2n) is 4.04. The SMILES string of the molecule is CN(C)C=C(C#N)C(=O)NOCc1c(F)cccc1Cl. The molecule has 1 aromatic carbocycles. The van der Waals surface area contributed by atoms with E-state index in [1.165, 1.54) is 24.4 Å². The lowest BCUT2D eigenvalue weighted by molar-refractivity contribution is -0.130. The van der Waals surface area contributed by atoms with Gasteiger partial charge in [0, 0.05) is 30.9 Å². The summed E-state index contributed by atoms with van der Waals surface area (Å²) in [6, 6.07) is 5.94. The van der Waals surface area contributed by atoms with Gasteiger partial charge in [-0.05, 0) is 12.1 Å². The first-order chi connectivity index (χ1) is 9.45. The highest BCUT2D eigenvalue weighted by Gasteiger charge is 2.11. The number of carbonyl (C=O) groups is 1. The molecule has 0 bridgehead atoms. The molecule has 0 saturated carbocycles. The number of amides is 1. The van der Waals surface area contributed by atoms with Crippen LogP contribution in [0.2, 0.25) is 5.02 Å². The largest absolute Gasteiger partial charge is 0.382 e. The van der Waals surface area contributed by atoms with Gasteiger partial charge in [0.2, 0.25) is 0 Å². The van der Waals surface area contributed by atoms with Crippen LogP contribution < -0.4 is 5.48 Å². The van der Waals surface area contributed by atoms with Gasteiger partial charge in [0.1, 0.15) is 24.1 Å². The highest BCUT2D eigenvalue weighted by atomic mass is 35.5. The Kier molecular flexibility index (Phi) is 5.97. The summed E-state index contributed by atoms with van der Waals surface area (Å²) in [7, 11) is 3.34. The first-order valence-electron chi connectivity index (χ1n) is 5.59. The van der Waals surface area contributed by atoms with Crippen LogP contribution in [-0.2, 0) is 16.2 Å². The van der Waals surface area contributed by atoms with Crippen LogP contribution in [0.15, 0.2) is 30.0 Å². The van der Waals surface area contributed by atoms with Crippen molar-refractivity contribution in [1.29, 1.82) is 5.26 Å². The summed E-state index contributed by atoms with van der Waals surface area (Å²) in [4.78, 5) is 18.0. The van der Waals surface area contributed by atoms with Gasteiger partial charge in [0.15, 0.2) is 0 Å². The lowest BCUT2D eigenvalue weighted by Gasteiger charge is -2.09. The summed E-state index contributed by atoms with van der Waals surface area (Å²) in [5.41, 5.74) is 2.06. The van der Waals surface area contributed by atoms with Crippen LogP contribution in [0, 0.1) is 17.1 Å². The molecular formula is C13H13ClFN3O2. The van der Waals surface area contributed by atoms with Crippen molar-refractivity contribution in [2.45, 2.75) is 6.61 Å². The zero-order valence-corrected chi connectivity index (χ0v) is 11.7. The van der Waals surface area contributed by atoms with Crippen molar-refractivity contribution >= 4 is 17.5 Å². The van der Waals surface area contributed by atoms with Gasteiger partial charge in [-0.25, -0.2) is 9.87 Å². The molecule has 5 nitrogen and oxygen atoms in total. The maximum atomic E-state index is 13.4. The van der Waals surface area contributed by atoms with E-state index < -0.39 is 11.7 Å². The summed E-state index contributed by atoms with van der Waals surface area (Å²) in [5.74, 6) is -1.25. The molecule has 0 fully saturated rings.